The monoisotopic (exact) mass is 276 g/mol. The van der Waals surface area contributed by atoms with E-state index >= 15 is 0 Å². The Hall–Kier alpha value is -2.44. The van der Waals surface area contributed by atoms with Gasteiger partial charge in [-0.1, -0.05) is 19.8 Å². The summed E-state index contributed by atoms with van der Waals surface area (Å²) in [5.41, 5.74) is 1.00. The van der Waals surface area contributed by atoms with Crippen LogP contribution in [0, 0.1) is 0 Å². The van der Waals surface area contributed by atoms with Gasteiger partial charge < -0.3 is 10.4 Å². The third kappa shape index (κ3) is 3.11. The number of hydrogen-bond donors (Lipinski definition) is 2. The van der Waals surface area contributed by atoms with Crippen molar-refractivity contribution in [1.82, 2.24) is 19.9 Å². The van der Waals surface area contributed by atoms with E-state index < -0.39 is 17.9 Å². The lowest BCUT2D eigenvalue weighted by atomic mass is 10.1. The predicted molar refractivity (Wildman–Crippen MR) is 71.4 cm³/mol. The Labute approximate surface area is 115 Å². The Balaban J connectivity index is 2.10. The number of pyridine rings is 1. The zero-order chi connectivity index (χ0) is 14.5. The number of nitrogens with one attached hydrogen (secondary N) is 1. The van der Waals surface area contributed by atoms with Gasteiger partial charge in [-0.25, -0.2) is 4.79 Å². The fourth-order valence-electron chi connectivity index (χ4n) is 1.87. The first-order chi connectivity index (χ1) is 9.61. The van der Waals surface area contributed by atoms with E-state index in [0.717, 1.165) is 12.8 Å². The zero-order valence-corrected chi connectivity index (χ0v) is 11.1. The first kappa shape index (κ1) is 14.0. The van der Waals surface area contributed by atoms with Crippen LogP contribution in [0.25, 0.3) is 5.65 Å². The van der Waals surface area contributed by atoms with Crippen LogP contribution >= 0.6 is 0 Å². The maximum absolute atomic E-state index is 12.1. The number of carbonyl (C=O) groups is 2. The van der Waals surface area contributed by atoms with Crippen LogP contribution in [0.4, 0.5) is 0 Å². The second kappa shape index (κ2) is 6.14. The van der Waals surface area contributed by atoms with Crippen LogP contribution in [0.15, 0.2) is 24.7 Å². The van der Waals surface area contributed by atoms with E-state index in [4.69, 9.17) is 5.11 Å². The van der Waals surface area contributed by atoms with Gasteiger partial charge in [-0.05, 0) is 18.6 Å². The van der Waals surface area contributed by atoms with Gasteiger partial charge in [0, 0.05) is 6.20 Å². The average molecular weight is 276 g/mol. The van der Waals surface area contributed by atoms with Crippen molar-refractivity contribution in [1.29, 1.82) is 0 Å². The van der Waals surface area contributed by atoms with Crippen molar-refractivity contribution < 1.29 is 14.7 Å². The number of hydrogen-bond acceptors (Lipinski definition) is 4. The number of nitrogens with zero attached hydrogens (tertiary/aromatic N) is 3. The minimum atomic E-state index is -1.02. The summed E-state index contributed by atoms with van der Waals surface area (Å²) in [6.45, 7) is 1.97. The second-order valence-electron chi connectivity index (χ2n) is 4.52. The summed E-state index contributed by atoms with van der Waals surface area (Å²) in [7, 11) is 0. The van der Waals surface area contributed by atoms with Gasteiger partial charge in [0.15, 0.2) is 5.65 Å². The molecule has 0 fully saturated rings. The van der Waals surface area contributed by atoms with Crippen molar-refractivity contribution in [2.24, 2.45) is 0 Å². The molecule has 1 atom stereocenters. The number of rotatable bonds is 6. The standard InChI is InChI=1S/C13H16N4O3/c1-2-3-4-10(13(19)20)15-12(18)9-5-6-11-16-14-8-17(11)7-9/h5-8,10H,2-4H2,1H3,(H,15,18)(H,19,20)/t10-/m0/s1. The molecule has 0 aliphatic rings. The highest BCUT2D eigenvalue weighted by atomic mass is 16.4. The maximum Gasteiger partial charge on any atom is 0.326 e. The van der Waals surface area contributed by atoms with Crippen molar-refractivity contribution in [2.45, 2.75) is 32.2 Å². The number of amides is 1. The Kier molecular flexibility index (Phi) is 4.29. The van der Waals surface area contributed by atoms with Gasteiger partial charge >= 0.3 is 5.97 Å². The minimum Gasteiger partial charge on any atom is -0.480 e. The van der Waals surface area contributed by atoms with Gasteiger partial charge in [0.2, 0.25) is 0 Å². The van der Waals surface area contributed by atoms with E-state index in [2.05, 4.69) is 15.5 Å². The summed E-state index contributed by atoms with van der Waals surface area (Å²) >= 11 is 0. The van der Waals surface area contributed by atoms with Crippen LogP contribution in [0.1, 0.15) is 36.5 Å². The largest absolute Gasteiger partial charge is 0.480 e. The molecule has 7 heteroatoms. The SMILES string of the molecule is CCCC[C@H](NC(=O)c1ccc2nncn2c1)C(=O)O. The molecule has 106 valence electrons. The highest BCUT2D eigenvalue weighted by Crippen LogP contribution is 2.06. The molecule has 0 spiro atoms. The van der Waals surface area contributed by atoms with E-state index in [9.17, 15) is 9.59 Å². The molecule has 1 amide bonds. The molecule has 20 heavy (non-hydrogen) atoms. The second-order valence-corrected chi connectivity index (χ2v) is 4.52. The number of unbranched alkanes of at least 4 members (excludes halogenated alkanes) is 1. The van der Waals surface area contributed by atoms with E-state index in [1.54, 1.807) is 22.7 Å². The molecule has 0 aliphatic heterocycles. The molecule has 2 rings (SSSR count). The third-order valence-corrected chi connectivity index (χ3v) is 3.00. The van der Waals surface area contributed by atoms with Crippen LogP contribution < -0.4 is 5.32 Å². The van der Waals surface area contributed by atoms with E-state index in [-0.39, 0.29) is 0 Å². The van der Waals surface area contributed by atoms with Gasteiger partial charge in [0.25, 0.3) is 5.91 Å². The normalized spacial score (nSPS) is 12.2. The summed E-state index contributed by atoms with van der Waals surface area (Å²) in [6, 6.07) is 2.39. The molecule has 2 aromatic heterocycles. The molecule has 0 bridgehead atoms. The van der Waals surface area contributed by atoms with Crippen molar-refractivity contribution in [2.75, 3.05) is 0 Å². The number of carboxylic acids is 1. The smallest absolute Gasteiger partial charge is 0.326 e. The zero-order valence-electron chi connectivity index (χ0n) is 11.1. The first-order valence-electron chi connectivity index (χ1n) is 6.45. The van der Waals surface area contributed by atoms with Crippen LogP contribution in [0.3, 0.4) is 0 Å². The molecule has 0 radical (unpaired) electrons. The Morgan fingerprint density at radius 3 is 2.95 bits per heavy atom. The summed E-state index contributed by atoms with van der Waals surface area (Å²) in [6.07, 6.45) is 5.11. The third-order valence-electron chi connectivity index (χ3n) is 3.00. The molecule has 7 nitrogen and oxygen atoms in total. The molecule has 2 N–H and O–H groups in total. The lowest BCUT2D eigenvalue weighted by Crippen LogP contribution is -2.40. The van der Waals surface area contributed by atoms with Gasteiger partial charge in [-0.2, -0.15) is 0 Å². The number of fused-ring (bicyclic) bond motifs is 1. The molecular formula is C13H16N4O3. The first-order valence-corrected chi connectivity index (χ1v) is 6.45. The Bertz CT molecular complexity index is 623. The fraction of sp³-hybridized carbons (Fsp3) is 0.385. The van der Waals surface area contributed by atoms with Crippen molar-refractivity contribution in [3.05, 3.63) is 30.2 Å². The molecule has 0 aromatic carbocycles. The fourth-order valence-corrected chi connectivity index (χ4v) is 1.87. The van der Waals surface area contributed by atoms with Crippen LogP contribution in [0.2, 0.25) is 0 Å². The number of carbonyl (C=O) groups excluding carboxylic acids is 1. The molecule has 0 unspecified atom stereocenters. The van der Waals surface area contributed by atoms with Crippen LogP contribution in [-0.2, 0) is 4.79 Å². The summed E-state index contributed by atoms with van der Waals surface area (Å²) < 4.78 is 1.61. The molecule has 2 aromatic rings. The highest BCUT2D eigenvalue weighted by Gasteiger charge is 2.20. The van der Waals surface area contributed by atoms with Crippen molar-refractivity contribution in [3.63, 3.8) is 0 Å². The van der Waals surface area contributed by atoms with Crippen molar-refractivity contribution in [3.8, 4) is 0 Å². The molecule has 2 heterocycles. The van der Waals surface area contributed by atoms with Crippen LogP contribution in [0.5, 0.6) is 0 Å². The lowest BCUT2D eigenvalue weighted by Gasteiger charge is -2.14. The molecular weight excluding hydrogens is 260 g/mol. The summed E-state index contributed by atoms with van der Waals surface area (Å²) in [5, 5.41) is 19.2. The topological polar surface area (TPSA) is 96.6 Å². The minimum absolute atomic E-state index is 0.375. The summed E-state index contributed by atoms with van der Waals surface area (Å²) in [4.78, 5) is 23.2. The Morgan fingerprint density at radius 2 is 2.25 bits per heavy atom. The van der Waals surface area contributed by atoms with Gasteiger partial charge in [-0.15, -0.1) is 10.2 Å². The summed E-state index contributed by atoms with van der Waals surface area (Å²) in [5.74, 6) is -1.43. The van der Waals surface area contributed by atoms with Crippen LogP contribution in [-0.4, -0.2) is 37.6 Å². The number of carboxylic acid groups (broad SMARTS) is 1. The Morgan fingerprint density at radius 1 is 1.45 bits per heavy atom. The quantitative estimate of drug-likeness (QED) is 0.823. The average Bonchev–Trinajstić information content (AvgIpc) is 2.90. The molecule has 0 saturated carbocycles. The number of aliphatic carboxylic acids is 1. The lowest BCUT2D eigenvalue weighted by molar-refractivity contribution is -0.139. The molecule has 0 aliphatic carbocycles. The maximum atomic E-state index is 12.1. The van der Waals surface area contributed by atoms with Gasteiger partial charge in [0.05, 0.1) is 5.56 Å². The van der Waals surface area contributed by atoms with E-state index in [0.29, 0.717) is 17.6 Å². The van der Waals surface area contributed by atoms with Gasteiger partial charge in [0.1, 0.15) is 12.4 Å². The van der Waals surface area contributed by atoms with E-state index in [1.165, 1.54) is 6.33 Å². The molecule has 0 saturated heterocycles. The predicted octanol–water partition coefficient (Wildman–Crippen LogP) is 1.10. The van der Waals surface area contributed by atoms with E-state index in [1.807, 2.05) is 6.92 Å². The number of aromatic nitrogens is 3. The van der Waals surface area contributed by atoms with Crippen molar-refractivity contribution >= 4 is 17.5 Å². The van der Waals surface area contributed by atoms with Gasteiger partial charge in [-0.3, -0.25) is 9.20 Å². The highest BCUT2D eigenvalue weighted by molar-refractivity contribution is 5.96.